The minimum absolute atomic E-state index is 0.0357. The van der Waals surface area contributed by atoms with Crippen LogP contribution in [0.2, 0.25) is 0 Å². The van der Waals surface area contributed by atoms with Crippen molar-refractivity contribution in [2.24, 2.45) is 0 Å². The summed E-state index contributed by atoms with van der Waals surface area (Å²) in [4.78, 5) is 15.0. The van der Waals surface area contributed by atoms with Crippen molar-refractivity contribution in [3.8, 4) is 0 Å². The van der Waals surface area contributed by atoms with Crippen LogP contribution in [-0.4, -0.2) is 37.0 Å². The van der Waals surface area contributed by atoms with Gasteiger partial charge in [0.15, 0.2) is 0 Å². The van der Waals surface area contributed by atoms with E-state index in [0.717, 1.165) is 35.7 Å². The highest BCUT2D eigenvalue weighted by Gasteiger charge is 2.34. The minimum atomic E-state index is 0.0357. The van der Waals surface area contributed by atoms with Crippen LogP contribution in [0, 0.1) is 0 Å². The zero-order valence-corrected chi connectivity index (χ0v) is 14.1. The van der Waals surface area contributed by atoms with Crippen LogP contribution in [0.25, 0.3) is 10.8 Å². The number of fused-ring (bicyclic) bond motifs is 1. The summed E-state index contributed by atoms with van der Waals surface area (Å²) in [6.07, 6.45) is 6.14. The molecule has 3 rings (SSSR count). The first kappa shape index (κ1) is 16.0. The van der Waals surface area contributed by atoms with Gasteiger partial charge in [0.1, 0.15) is 0 Å². The van der Waals surface area contributed by atoms with Gasteiger partial charge in [-0.25, -0.2) is 0 Å². The maximum Gasteiger partial charge on any atom is 0.251 e. The third-order valence-corrected chi connectivity index (χ3v) is 5.35. The number of carbonyl (C=O) groups is 1. The highest BCUT2D eigenvalue weighted by atomic mass is 16.1. The molecule has 122 valence electrons. The van der Waals surface area contributed by atoms with E-state index in [-0.39, 0.29) is 11.4 Å². The number of hydrogen-bond acceptors (Lipinski definition) is 2. The lowest BCUT2D eigenvalue weighted by Gasteiger charge is -2.43. The lowest BCUT2D eigenvalue weighted by Crippen LogP contribution is -2.53. The normalized spacial score (nSPS) is 17.3. The molecule has 23 heavy (non-hydrogen) atoms. The fraction of sp³-hybridized carbons (Fsp3) is 0.450. The number of hydrogen-bond donors (Lipinski definition) is 1. The number of amides is 1. The van der Waals surface area contributed by atoms with E-state index in [2.05, 4.69) is 36.4 Å². The summed E-state index contributed by atoms with van der Waals surface area (Å²) < 4.78 is 0. The second-order valence-corrected chi connectivity index (χ2v) is 6.89. The van der Waals surface area contributed by atoms with E-state index in [0.29, 0.717) is 0 Å². The first-order valence-electron chi connectivity index (χ1n) is 8.56. The predicted molar refractivity (Wildman–Crippen MR) is 95.8 cm³/mol. The van der Waals surface area contributed by atoms with Gasteiger partial charge in [-0.05, 0) is 43.8 Å². The predicted octanol–water partition coefficient (Wildman–Crippen LogP) is 3.83. The fourth-order valence-corrected chi connectivity index (χ4v) is 3.76. The first-order valence-corrected chi connectivity index (χ1v) is 8.56. The Hall–Kier alpha value is -1.87. The lowest BCUT2D eigenvalue weighted by atomic mass is 9.80. The van der Waals surface area contributed by atoms with Gasteiger partial charge in [0.25, 0.3) is 5.91 Å². The third-order valence-electron chi connectivity index (χ3n) is 5.35. The quantitative estimate of drug-likeness (QED) is 0.930. The SMILES string of the molecule is CN(C)C1(CNC(=O)c2cccc3ccccc23)CCCCC1. The molecule has 1 N–H and O–H groups in total. The summed E-state index contributed by atoms with van der Waals surface area (Å²) in [5.74, 6) is 0.0357. The molecule has 3 nitrogen and oxygen atoms in total. The molecule has 0 unspecified atom stereocenters. The Morgan fingerprint density at radius 1 is 1.04 bits per heavy atom. The Morgan fingerprint density at radius 2 is 1.74 bits per heavy atom. The van der Waals surface area contributed by atoms with Crippen molar-refractivity contribution in [2.45, 2.75) is 37.6 Å². The molecule has 2 aromatic rings. The maximum atomic E-state index is 12.7. The van der Waals surface area contributed by atoms with Gasteiger partial charge >= 0.3 is 0 Å². The molecule has 3 heteroatoms. The lowest BCUT2D eigenvalue weighted by molar-refractivity contribution is 0.0801. The largest absolute Gasteiger partial charge is 0.350 e. The fourth-order valence-electron chi connectivity index (χ4n) is 3.76. The summed E-state index contributed by atoms with van der Waals surface area (Å²) >= 11 is 0. The summed E-state index contributed by atoms with van der Waals surface area (Å²) in [6, 6.07) is 14.0. The van der Waals surface area contributed by atoms with Gasteiger partial charge in [0, 0.05) is 17.6 Å². The van der Waals surface area contributed by atoms with Gasteiger partial charge in [0.05, 0.1) is 0 Å². The monoisotopic (exact) mass is 310 g/mol. The Balaban J connectivity index is 1.78. The average Bonchev–Trinajstić information content (AvgIpc) is 2.60. The van der Waals surface area contributed by atoms with Crippen LogP contribution in [-0.2, 0) is 0 Å². The summed E-state index contributed by atoms with van der Waals surface area (Å²) in [5, 5.41) is 5.34. The number of nitrogens with one attached hydrogen (secondary N) is 1. The van der Waals surface area contributed by atoms with Crippen LogP contribution in [0.3, 0.4) is 0 Å². The highest BCUT2D eigenvalue weighted by molar-refractivity contribution is 6.07. The number of nitrogens with zero attached hydrogens (tertiary/aromatic N) is 1. The third kappa shape index (κ3) is 3.25. The second kappa shape index (κ2) is 6.71. The van der Waals surface area contributed by atoms with Gasteiger partial charge in [-0.2, -0.15) is 0 Å². The van der Waals surface area contributed by atoms with Crippen LogP contribution in [0.15, 0.2) is 42.5 Å². The number of carbonyl (C=O) groups excluding carboxylic acids is 1. The molecule has 0 heterocycles. The van der Waals surface area contributed by atoms with Crippen molar-refractivity contribution in [1.82, 2.24) is 10.2 Å². The number of rotatable bonds is 4. The summed E-state index contributed by atoms with van der Waals surface area (Å²) in [5.41, 5.74) is 0.881. The molecule has 1 saturated carbocycles. The van der Waals surface area contributed by atoms with E-state index in [9.17, 15) is 4.79 Å². The number of likely N-dealkylation sites (N-methyl/N-ethyl adjacent to an activating group) is 1. The van der Waals surface area contributed by atoms with Gasteiger partial charge in [-0.1, -0.05) is 55.7 Å². The molecule has 0 spiro atoms. The molecule has 0 radical (unpaired) electrons. The zero-order chi connectivity index (χ0) is 16.3. The molecule has 1 aliphatic rings. The van der Waals surface area contributed by atoms with E-state index in [4.69, 9.17) is 0 Å². The Kier molecular flexibility index (Phi) is 4.67. The molecule has 0 aromatic heterocycles. The Bertz CT molecular complexity index is 682. The molecule has 1 fully saturated rings. The van der Waals surface area contributed by atoms with Crippen LogP contribution >= 0.6 is 0 Å². The molecule has 0 aliphatic heterocycles. The molecule has 1 amide bonds. The molecule has 0 bridgehead atoms. The molecular weight excluding hydrogens is 284 g/mol. The van der Waals surface area contributed by atoms with Crippen molar-refractivity contribution < 1.29 is 4.79 Å². The van der Waals surface area contributed by atoms with Crippen LogP contribution < -0.4 is 5.32 Å². The van der Waals surface area contributed by atoms with Gasteiger partial charge in [0.2, 0.25) is 0 Å². The second-order valence-electron chi connectivity index (χ2n) is 6.89. The van der Waals surface area contributed by atoms with Crippen molar-refractivity contribution >= 4 is 16.7 Å². The Morgan fingerprint density at radius 3 is 2.48 bits per heavy atom. The van der Waals surface area contributed by atoms with Gasteiger partial charge in [-0.15, -0.1) is 0 Å². The molecule has 0 saturated heterocycles. The maximum absolute atomic E-state index is 12.7. The van der Waals surface area contributed by atoms with Crippen molar-refractivity contribution in [3.05, 3.63) is 48.0 Å². The Labute approximate surface area is 138 Å². The zero-order valence-electron chi connectivity index (χ0n) is 14.1. The molecular formula is C20H26N2O. The van der Waals surface area contributed by atoms with Crippen molar-refractivity contribution in [2.75, 3.05) is 20.6 Å². The topological polar surface area (TPSA) is 32.3 Å². The minimum Gasteiger partial charge on any atom is -0.350 e. The molecule has 0 atom stereocenters. The van der Waals surface area contributed by atoms with E-state index in [1.807, 2.05) is 30.3 Å². The smallest absolute Gasteiger partial charge is 0.251 e. The molecule has 1 aliphatic carbocycles. The van der Waals surface area contributed by atoms with Gasteiger partial charge in [-0.3, -0.25) is 4.79 Å². The molecule has 2 aromatic carbocycles. The van der Waals surface area contributed by atoms with Crippen LogP contribution in [0.4, 0.5) is 0 Å². The van der Waals surface area contributed by atoms with Crippen LogP contribution in [0.1, 0.15) is 42.5 Å². The van der Waals surface area contributed by atoms with Crippen LogP contribution in [0.5, 0.6) is 0 Å². The van der Waals surface area contributed by atoms with E-state index in [1.54, 1.807) is 0 Å². The summed E-state index contributed by atoms with van der Waals surface area (Å²) in [6.45, 7) is 0.724. The number of benzene rings is 2. The van der Waals surface area contributed by atoms with Crippen molar-refractivity contribution in [3.63, 3.8) is 0 Å². The van der Waals surface area contributed by atoms with E-state index in [1.165, 1.54) is 19.3 Å². The summed E-state index contributed by atoms with van der Waals surface area (Å²) in [7, 11) is 4.27. The first-order chi connectivity index (χ1) is 11.1. The highest BCUT2D eigenvalue weighted by Crippen LogP contribution is 2.31. The van der Waals surface area contributed by atoms with Crippen molar-refractivity contribution in [1.29, 1.82) is 0 Å². The average molecular weight is 310 g/mol. The standard InChI is InChI=1S/C20H26N2O/c1-22(2)20(13-6-3-7-14-20)15-21-19(23)18-12-8-10-16-9-4-5-11-17(16)18/h4-5,8-12H,3,6-7,13-15H2,1-2H3,(H,21,23). The van der Waals surface area contributed by atoms with E-state index >= 15 is 0 Å². The van der Waals surface area contributed by atoms with E-state index < -0.39 is 0 Å². The van der Waals surface area contributed by atoms with Gasteiger partial charge < -0.3 is 10.2 Å².